The van der Waals surface area contributed by atoms with Gasteiger partial charge in [-0.25, -0.2) is 0 Å². The molecule has 2 unspecified atom stereocenters. The first-order valence-corrected chi connectivity index (χ1v) is 10.7. The zero-order chi connectivity index (χ0) is 22.3. The molecule has 2 N–H and O–H groups in total. The van der Waals surface area contributed by atoms with E-state index in [1.54, 1.807) is 12.7 Å². The maximum atomic E-state index is 13.0. The van der Waals surface area contributed by atoms with Crippen molar-refractivity contribution in [2.75, 3.05) is 45.9 Å². The number of aliphatic carboxylic acids is 1. The van der Waals surface area contributed by atoms with Crippen molar-refractivity contribution in [1.29, 1.82) is 0 Å². The Kier molecular flexibility index (Phi) is 7.97. The van der Waals surface area contributed by atoms with Gasteiger partial charge >= 0.3 is 5.97 Å². The fraction of sp³-hybridized carbons (Fsp3) is 0.750. The fourth-order valence-electron chi connectivity index (χ4n) is 5.14. The molecule has 0 spiro atoms. The van der Waals surface area contributed by atoms with Crippen molar-refractivity contribution < 1.29 is 29.3 Å². The largest absolute Gasteiger partial charge is 0.483 e. The summed E-state index contributed by atoms with van der Waals surface area (Å²) in [5.74, 6) is -0.112. The topological polar surface area (TPSA) is 138 Å². The summed E-state index contributed by atoms with van der Waals surface area (Å²) in [6, 6.07) is 0. The number of carboxylic acids is 1. The second-order valence-electron chi connectivity index (χ2n) is 8.60. The summed E-state index contributed by atoms with van der Waals surface area (Å²) in [5.41, 5.74) is -0.105. The van der Waals surface area contributed by atoms with E-state index in [0.29, 0.717) is 32.1 Å². The molecule has 0 radical (unpaired) electrons. The molecular formula is C20H31N5O6. The van der Waals surface area contributed by atoms with Gasteiger partial charge in [0, 0.05) is 70.2 Å². The molecule has 31 heavy (non-hydrogen) atoms. The predicted octanol–water partition coefficient (Wildman–Crippen LogP) is 0.0307. The van der Waals surface area contributed by atoms with Gasteiger partial charge in [0.25, 0.3) is 6.47 Å². The average Bonchev–Trinajstić information content (AvgIpc) is 3.46. The summed E-state index contributed by atoms with van der Waals surface area (Å²) in [5, 5.41) is 23.8. The molecule has 3 fully saturated rings. The molecule has 172 valence electrons. The lowest BCUT2D eigenvalue weighted by Crippen LogP contribution is -2.41. The van der Waals surface area contributed by atoms with Gasteiger partial charge in [0.2, 0.25) is 5.91 Å². The van der Waals surface area contributed by atoms with E-state index >= 15 is 0 Å². The molecule has 1 amide bonds. The van der Waals surface area contributed by atoms with Gasteiger partial charge in [0.1, 0.15) is 12.7 Å². The van der Waals surface area contributed by atoms with E-state index in [1.165, 1.54) is 0 Å². The van der Waals surface area contributed by atoms with Crippen LogP contribution >= 0.6 is 0 Å². The molecule has 0 saturated carbocycles. The number of aromatic nitrogens is 3. The Bertz CT molecular complexity index is 738. The lowest BCUT2D eigenvalue weighted by atomic mass is 9.77. The monoisotopic (exact) mass is 437 g/mol. The summed E-state index contributed by atoms with van der Waals surface area (Å²) in [4.78, 5) is 37.0. The number of hydrogen-bond donors (Lipinski definition) is 2. The molecule has 3 saturated heterocycles. The molecule has 0 aromatic carbocycles. The molecule has 11 nitrogen and oxygen atoms in total. The number of nitrogens with zero attached hydrogens (tertiary/aromatic N) is 5. The number of carbonyl (C=O) groups is 3. The number of fused-ring (bicyclic) bond motifs is 1. The number of likely N-dealkylation sites (tertiary alicyclic amines) is 2. The molecule has 3 aliphatic rings. The highest BCUT2D eigenvalue weighted by Gasteiger charge is 2.53. The quantitative estimate of drug-likeness (QED) is 0.566. The molecule has 3 aliphatic heterocycles. The third-order valence-electron chi connectivity index (χ3n) is 6.69. The van der Waals surface area contributed by atoms with Crippen molar-refractivity contribution in [3.8, 4) is 0 Å². The van der Waals surface area contributed by atoms with Crippen LogP contribution in [-0.4, -0.2) is 99.1 Å². The summed E-state index contributed by atoms with van der Waals surface area (Å²) < 4.78 is 7.35. The van der Waals surface area contributed by atoms with Crippen LogP contribution in [0.4, 0.5) is 0 Å². The highest BCUT2D eigenvalue weighted by molar-refractivity contribution is 5.79. The fourth-order valence-corrected chi connectivity index (χ4v) is 5.14. The minimum absolute atomic E-state index is 0.0638. The van der Waals surface area contributed by atoms with Crippen LogP contribution in [0.15, 0.2) is 12.7 Å². The SMILES string of the molecule is O=C(O)CCC12CN(CCn3cnnc3)CC1CN(C(=O)C1CCOCC1)C2.O=CO. The third-order valence-corrected chi connectivity index (χ3v) is 6.69. The molecule has 0 bridgehead atoms. The third kappa shape index (κ3) is 5.79. The van der Waals surface area contributed by atoms with Crippen LogP contribution in [0.1, 0.15) is 25.7 Å². The first-order valence-electron chi connectivity index (χ1n) is 10.7. The summed E-state index contributed by atoms with van der Waals surface area (Å²) >= 11 is 0. The molecule has 1 aromatic heterocycles. The Morgan fingerprint density at radius 2 is 1.81 bits per heavy atom. The molecule has 11 heteroatoms. The van der Waals surface area contributed by atoms with Crippen LogP contribution in [-0.2, 0) is 25.7 Å². The lowest BCUT2D eigenvalue weighted by Gasteiger charge is -2.31. The number of carbonyl (C=O) groups excluding carboxylic acids is 1. The zero-order valence-corrected chi connectivity index (χ0v) is 17.6. The van der Waals surface area contributed by atoms with Crippen LogP contribution in [0, 0.1) is 17.3 Å². The first-order chi connectivity index (χ1) is 15.0. The van der Waals surface area contributed by atoms with Gasteiger partial charge in [-0.2, -0.15) is 0 Å². The minimum atomic E-state index is -0.759. The standard InChI is InChI=1S/C19H29N5O4.CH2O2/c25-17(26)1-4-19-11-22(5-6-23-13-20-21-14-23)9-16(19)10-24(12-19)18(27)15-2-7-28-8-3-15;2-1-3/h13-16H,1-12H2,(H,25,26);1H,(H,2,3). The highest BCUT2D eigenvalue weighted by atomic mass is 16.5. The number of carboxylic acid groups (broad SMARTS) is 2. The van der Waals surface area contributed by atoms with Crippen molar-refractivity contribution in [1.82, 2.24) is 24.6 Å². The molecule has 4 rings (SSSR count). The van der Waals surface area contributed by atoms with E-state index in [0.717, 1.165) is 45.6 Å². The molecular weight excluding hydrogens is 406 g/mol. The second-order valence-corrected chi connectivity index (χ2v) is 8.60. The van der Waals surface area contributed by atoms with Gasteiger partial charge in [-0.1, -0.05) is 0 Å². The van der Waals surface area contributed by atoms with Crippen LogP contribution in [0.5, 0.6) is 0 Å². The minimum Gasteiger partial charge on any atom is -0.483 e. The van der Waals surface area contributed by atoms with E-state index in [1.807, 2.05) is 9.47 Å². The average molecular weight is 437 g/mol. The molecule has 4 heterocycles. The van der Waals surface area contributed by atoms with Gasteiger partial charge in [-0.05, 0) is 25.2 Å². The van der Waals surface area contributed by atoms with E-state index in [2.05, 4.69) is 15.1 Å². The van der Waals surface area contributed by atoms with E-state index in [-0.39, 0.29) is 30.1 Å². The lowest BCUT2D eigenvalue weighted by molar-refractivity contribution is -0.138. The van der Waals surface area contributed by atoms with Gasteiger partial charge in [-0.3, -0.25) is 14.4 Å². The summed E-state index contributed by atoms with van der Waals surface area (Å²) in [6.45, 7) is 5.98. The second kappa shape index (κ2) is 10.7. The van der Waals surface area contributed by atoms with Crippen LogP contribution < -0.4 is 0 Å². The Morgan fingerprint density at radius 1 is 1.13 bits per heavy atom. The van der Waals surface area contributed by atoms with E-state index in [9.17, 15) is 14.7 Å². The van der Waals surface area contributed by atoms with Crippen LogP contribution in [0.3, 0.4) is 0 Å². The van der Waals surface area contributed by atoms with E-state index < -0.39 is 5.97 Å². The zero-order valence-electron chi connectivity index (χ0n) is 17.6. The smallest absolute Gasteiger partial charge is 0.303 e. The maximum Gasteiger partial charge on any atom is 0.303 e. The Morgan fingerprint density at radius 3 is 2.45 bits per heavy atom. The van der Waals surface area contributed by atoms with Crippen molar-refractivity contribution in [3.63, 3.8) is 0 Å². The van der Waals surface area contributed by atoms with Crippen molar-refractivity contribution in [2.24, 2.45) is 17.3 Å². The molecule has 1 aromatic rings. The highest BCUT2D eigenvalue weighted by Crippen LogP contribution is 2.46. The van der Waals surface area contributed by atoms with Gasteiger partial charge < -0.3 is 29.3 Å². The van der Waals surface area contributed by atoms with Gasteiger partial charge in [0.15, 0.2) is 0 Å². The van der Waals surface area contributed by atoms with Crippen LogP contribution in [0.2, 0.25) is 0 Å². The molecule has 2 atom stereocenters. The molecule has 0 aliphatic carbocycles. The van der Waals surface area contributed by atoms with Gasteiger partial charge in [0.05, 0.1) is 0 Å². The van der Waals surface area contributed by atoms with Crippen LogP contribution in [0.25, 0.3) is 0 Å². The Balaban J connectivity index is 0.000000858. The summed E-state index contributed by atoms with van der Waals surface area (Å²) in [7, 11) is 0. The summed E-state index contributed by atoms with van der Waals surface area (Å²) in [6.07, 6.45) is 5.82. The number of amides is 1. The van der Waals surface area contributed by atoms with Crippen molar-refractivity contribution in [2.45, 2.75) is 32.2 Å². The Hall–Kier alpha value is -2.53. The number of hydrogen-bond acceptors (Lipinski definition) is 7. The van der Waals surface area contributed by atoms with Crippen molar-refractivity contribution in [3.05, 3.63) is 12.7 Å². The van der Waals surface area contributed by atoms with Gasteiger partial charge in [-0.15, -0.1) is 10.2 Å². The van der Waals surface area contributed by atoms with E-state index in [4.69, 9.17) is 14.6 Å². The maximum absolute atomic E-state index is 13.0. The predicted molar refractivity (Wildman–Crippen MR) is 108 cm³/mol. The normalized spacial score (nSPS) is 26.2. The Labute approximate surface area is 181 Å². The van der Waals surface area contributed by atoms with Crippen molar-refractivity contribution >= 4 is 18.3 Å². The number of ether oxygens (including phenoxy) is 1. The number of rotatable bonds is 7. The first kappa shape index (κ1) is 23.1.